The average Bonchev–Trinajstić information content (AvgIpc) is 3.15. The van der Waals surface area contributed by atoms with Gasteiger partial charge < -0.3 is 19.5 Å². The number of carbonyl (C=O) groups is 1. The summed E-state index contributed by atoms with van der Waals surface area (Å²) in [6.45, 7) is 3.94. The number of amides is 1. The zero-order valence-corrected chi connectivity index (χ0v) is 16.9. The lowest BCUT2D eigenvalue weighted by molar-refractivity contribution is -0.134. The van der Waals surface area contributed by atoms with E-state index in [1.54, 1.807) is 7.11 Å². The number of ether oxygens (including phenoxy) is 1. The Bertz CT molecular complexity index is 756. The van der Waals surface area contributed by atoms with Crippen molar-refractivity contribution in [3.63, 3.8) is 0 Å². The summed E-state index contributed by atoms with van der Waals surface area (Å²) < 4.78 is 10.4. The number of nitrogens with one attached hydrogen (secondary N) is 1. The lowest BCUT2D eigenvalue weighted by atomic mass is 10.0. The maximum Gasteiger partial charge on any atom is 0.227 e. The molecule has 9 heteroatoms. The van der Waals surface area contributed by atoms with E-state index in [1.165, 1.54) is 0 Å². The summed E-state index contributed by atoms with van der Waals surface area (Å²) in [5, 5.41) is 7.90. The molecule has 1 aromatic carbocycles. The molecule has 1 aliphatic rings. The van der Waals surface area contributed by atoms with Crippen LogP contribution in [0, 0.1) is 0 Å². The fraction of sp³-hybridized carbons (Fsp3) is 0.500. The fourth-order valence-corrected chi connectivity index (χ4v) is 3.29. The predicted octanol–water partition coefficient (Wildman–Crippen LogP) is 2.96. The first-order chi connectivity index (χ1) is 12.6. The zero-order chi connectivity index (χ0) is 18.5. The number of carbonyl (C=O) groups excluding carboxylic acids is 1. The summed E-state index contributed by atoms with van der Waals surface area (Å²) >= 11 is 6.34. The minimum absolute atomic E-state index is 0. The van der Waals surface area contributed by atoms with Gasteiger partial charge >= 0.3 is 0 Å². The van der Waals surface area contributed by atoms with Gasteiger partial charge in [-0.3, -0.25) is 4.79 Å². The maximum absolute atomic E-state index is 12.8. The number of hydrogen-bond acceptors (Lipinski definition) is 6. The third-order valence-electron chi connectivity index (χ3n) is 4.58. The van der Waals surface area contributed by atoms with Crippen LogP contribution in [-0.2, 0) is 16.0 Å². The van der Waals surface area contributed by atoms with Crippen molar-refractivity contribution < 1.29 is 14.1 Å². The molecule has 2 heterocycles. The van der Waals surface area contributed by atoms with Crippen LogP contribution < -0.4 is 5.32 Å². The van der Waals surface area contributed by atoms with Gasteiger partial charge in [0.2, 0.25) is 11.8 Å². The Morgan fingerprint density at radius 3 is 3.00 bits per heavy atom. The molecule has 1 saturated heterocycles. The van der Waals surface area contributed by atoms with Crippen molar-refractivity contribution in [1.82, 2.24) is 20.4 Å². The van der Waals surface area contributed by atoms with Crippen molar-refractivity contribution in [3.05, 3.63) is 46.6 Å². The number of hydrogen-bond donors (Lipinski definition) is 1. The van der Waals surface area contributed by atoms with Crippen LogP contribution in [0.25, 0.3) is 0 Å². The molecule has 1 amide bonds. The Kier molecular flexibility index (Phi) is 8.04. The van der Waals surface area contributed by atoms with Crippen LogP contribution in [0.3, 0.4) is 0 Å². The smallest absolute Gasteiger partial charge is 0.227 e. The van der Waals surface area contributed by atoms with Crippen LogP contribution in [0.5, 0.6) is 0 Å². The van der Waals surface area contributed by atoms with Crippen molar-refractivity contribution in [2.75, 3.05) is 26.7 Å². The standard InChI is InChI=1S/C18H23ClN4O3.ClH/c1-12(25-2)18-21-16(26-22-18)7-8-17(24)23-10-9-20-11-15(23)13-5-3-4-6-14(13)19;/h3-6,12,15,20H,7-11H2,1-2H3;1H. The Morgan fingerprint density at radius 1 is 1.48 bits per heavy atom. The van der Waals surface area contributed by atoms with Crippen molar-refractivity contribution in [2.45, 2.75) is 31.9 Å². The van der Waals surface area contributed by atoms with Gasteiger partial charge in [-0.2, -0.15) is 4.98 Å². The lowest BCUT2D eigenvalue weighted by Crippen LogP contribution is -2.48. The minimum atomic E-state index is -0.235. The molecule has 0 radical (unpaired) electrons. The maximum atomic E-state index is 12.8. The molecule has 0 saturated carbocycles. The number of halogens is 2. The van der Waals surface area contributed by atoms with Gasteiger partial charge in [0.1, 0.15) is 6.10 Å². The first-order valence-corrected chi connectivity index (χ1v) is 9.08. The van der Waals surface area contributed by atoms with Gasteiger partial charge in [-0.1, -0.05) is 35.0 Å². The Morgan fingerprint density at radius 2 is 2.26 bits per heavy atom. The van der Waals surface area contributed by atoms with Crippen LogP contribution in [0.4, 0.5) is 0 Å². The van der Waals surface area contributed by atoms with E-state index in [0.717, 1.165) is 12.1 Å². The van der Waals surface area contributed by atoms with E-state index in [-0.39, 0.29) is 30.5 Å². The van der Waals surface area contributed by atoms with Crippen LogP contribution >= 0.6 is 24.0 Å². The Hall–Kier alpha value is -1.67. The molecule has 2 aromatic rings. The number of nitrogens with zero attached hydrogens (tertiary/aromatic N) is 3. The molecule has 1 aliphatic heterocycles. The van der Waals surface area contributed by atoms with Gasteiger partial charge in [0.25, 0.3) is 0 Å². The van der Waals surface area contributed by atoms with Gasteiger partial charge in [0.05, 0.1) is 6.04 Å². The summed E-state index contributed by atoms with van der Waals surface area (Å²) in [6.07, 6.45) is 0.478. The average molecular weight is 415 g/mol. The first-order valence-electron chi connectivity index (χ1n) is 8.70. The first kappa shape index (κ1) is 21.6. The van der Waals surface area contributed by atoms with Gasteiger partial charge in [0.15, 0.2) is 5.82 Å². The second-order valence-corrected chi connectivity index (χ2v) is 6.66. The SMILES string of the molecule is COC(C)c1noc(CCC(=O)N2CCNCC2c2ccccc2Cl)n1.Cl. The highest BCUT2D eigenvalue weighted by Gasteiger charge is 2.29. The largest absolute Gasteiger partial charge is 0.374 e. The van der Waals surface area contributed by atoms with Crippen molar-refractivity contribution >= 4 is 29.9 Å². The quantitative estimate of drug-likeness (QED) is 0.782. The summed E-state index contributed by atoms with van der Waals surface area (Å²) in [5.41, 5.74) is 0.962. The third kappa shape index (κ3) is 5.19. The molecule has 2 unspecified atom stereocenters. The summed E-state index contributed by atoms with van der Waals surface area (Å²) in [4.78, 5) is 19.0. The molecule has 1 N–H and O–H groups in total. The number of aromatic nitrogens is 2. The van der Waals surface area contributed by atoms with E-state index in [1.807, 2.05) is 36.1 Å². The molecule has 0 aliphatic carbocycles. The topological polar surface area (TPSA) is 80.5 Å². The number of benzene rings is 1. The predicted molar refractivity (Wildman–Crippen MR) is 104 cm³/mol. The summed E-state index contributed by atoms with van der Waals surface area (Å²) in [7, 11) is 1.59. The van der Waals surface area contributed by atoms with Crippen LogP contribution in [0.1, 0.15) is 42.8 Å². The second kappa shape index (κ2) is 10.0. The fourth-order valence-electron chi connectivity index (χ4n) is 3.02. The minimum Gasteiger partial charge on any atom is -0.374 e. The van der Waals surface area contributed by atoms with Gasteiger partial charge in [0, 0.05) is 44.6 Å². The molecule has 0 spiro atoms. The van der Waals surface area contributed by atoms with Gasteiger partial charge in [-0.15, -0.1) is 12.4 Å². The molecule has 27 heavy (non-hydrogen) atoms. The third-order valence-corrected chi connectivity index (χ3v) is 4.93. The molecular formula is C18H24Cl2N4O3. The van der Waals surface area contributed by atoms with E-state index >= 15 is 0 Å². The molecule has 1 fully saturated rings. The van der Waals surface area contributed by atoms with Crippen molar-refractivity contribution in [3.8, 4) is 0 Å². The number of piperazine rings is 1. The van der Waals surface area contributed by atoms with E-state index < -0.39 is 0 Å². The van der Waals surface area contributed by atoms with E-state index in [9.17, 15) is 4.79 Å². The highest BCUT2D eigenvalue weighted by Crippen LogP contribution is 2.29. The van der Waals surface area contributed by atoms with Crippen LogP contribution in [-0.4, -0.2) is 47.7 Å². The van der Waals surface area contributed by atoms with Gasteiger partial charge in [-0.05, 0) is 18.6 Å². The molecule has 7 nitrogen and oxygen atoms in total. The second-order valence-electron chi connectivity index (χ2n) is 6.25. The van der Waals surface area contributed by atoms with Crippen molar-refractivity contribution in [2.24, 2.45) is 0 Å². The number of aryl methyl sites for hydroxylation is 1. The van der Waals surface area contributed by atoms with E-state index in [2.05, 4.69) is 15.5 Å². The van der Waals surface area contributed by atoms with Gasteiger partial charge in [-0.25, -0.2) is 0 Å². The number of methoxy groups -OCH3 is 1. The van der Waals surface area contributed by atoms with Crippen LogP contribution in [0.15, 0.2) is 28.8 Å². The highest BCUT2D eigenvalue weighted by atomic mass is 35.5. The molecule has 148 valence electrons. The Labute approximate surface area is 169 Å². The van der Waals surface area contributed by atoms with Crippen LogP contribution in [0.2, 0.25) is 5.02 Å². The molecule has 3 rings (SSSR count). The molecular weight excluding hydrogens is 391 g/mol. The van der Waals surface area contributed by atoms with E-state index in [0.29, 0.717) is 42.7 Å². The summed E-state index contributed by atoms with van der Waals surface area (Å²) in [6, 6.07) is 7.58. The highest BCUT2D eigenvalue weighted by molar-refractivity contribution is 6.31. The molecule has 1 aromatic heterocycles. The normalized spacial score (nSPS) is 18.0. The lowest BCUT2D eigenvalue weighted by Gasteiger charge is -2.37. The zero-order valence-electron chi connectivity index (χ0n) is 15.4. The van der Waals surface area contributed by atoms with E-state index in [4.69, 9.17) is 20.9 Å². The monoisotopic (exact) mass is 414 g/mol. The Balaban J connectivity index is 0.00000261. The summed E-state index contributed by atoms with van der Waals surface area (Å²) in [5.74, 6) is 0.990. The number of rotatable bonds is 6. The van der Waals surface area contributed by atoms with Crippen molar-refractivity contribution in [1.29, 1.82) is 0 Å². The molecule has 0 bridgehead atoms. The molecule has 2 atom stereocenters.